The highest BCUT2D eigenvalue weighted by Gasteiger charge is 2.12. The first-order chi connectivity index (χ1) is 8.91. The molecular weight excluding hydrogens is 262 g/mol. The third kappa shape index (κ3) is 4.95. The number of carbonyl (C=O) groups excluding carboxylic acids is 1. The number of aryl methyl sites for hydroxylation is 1. The summed E-state index contributed by atoms with van der Waals surface area (Å²) < 4.78 is 0. The van der Waals surface area contributed by atoms with Crippen molar-refractivity contribution in [2.45, 2.75) is 26.8 Å². The number of hydrogen-bond donors (Lipinski definition) is 2. The van der Waals surface area contributed by atoms with Crippen molar-refractivity contribution < 1.29 is 14.7 Å². The van der Waals surface area contributed by atoms with Gasteiger partial charge in [-0.2, -0.15) is 0 Å². The summed E-state index contributed by atoms with van der Waals surface area (Å²) in [6, 6.07) is 5.94. The van der Waals surface area contributed by atoms with Crippen LogP contribution in [0.15, 0.2) is 18.2 Å². The van der Waals surface area contributed by atoms with Crippen molar-refractivity contribution in [1.82, 2.24) is 5.32 Å². The highest BCUT2D eigenvalue weighted by Crippen LogP contribution is 2.20. The SMILES string of the molecule is Cc1cccc(C(C)NC(=O)CSCC(=O)O)c1C. The maximum Gasteiger partial charge on any atom is 0.313 e. The number of nitrogens with one attached hydrogen (secondary N) is 1. The summed E-state index contributed by atoms with van der Waals surface area (Å²) in [4.78, 5) is 22.0. The summed E-state index contributed by atoms with van der Waals surface area (Å²) in [5.74, 6) is -0.924. The standard InChI is InChI=1S/C14H19NO3S/c1-9-5-4-6-12(10(9)2)11(3)15-13(16)7-19-8-14(17)18/h4-6,11H,7-8H2,1-3H3,(H,15,16)(H,17,18). The Balaban J connectivity index is 2.54. The molecule has 2 N–H and O–H groups in total. The zero-order chi connectivity index (χ0) is 14.4. The van der Waals surface area contributed by atoms with Crippen molar-refractivity contribution in [2.24, 2.45) is 0 Å². The summed E-state index contributed by atoms with van der Waals surface area (Å²) in [6.07, 6.45) is 0. The molecule has 0 aliphatic rings. The smallest absolute Gasteiger partial charge is 0.313 e. The lowest BCUT2D eigenvalue weighted by molar-refractivity contribution is -0.133. The number of aliphatic carboxylic acids is 1. The van der Waals surface area contributed by atoms with Crippen molar-refractivity contribution in [1.29, 1.82) is 0 Å². The maximum absolute atomic E-state index is 11.7. The topological polar surface area (TPSA) is 66.4 Å². The zero-order valence-corrected chi connectivity index (χ0v) is 12.2. The molecule has 0 heterocycles. The molecule has 0 spiro atoms. The van der Waals surface area contributed by atoms with Crippen LogP contribution in [0.2, 0.25) is 0 Å². The lowest BCUT2D eigenvalue weighted by Gasteiger charge is -2.17. The zero-order valence-electron chi connectivity index (χ0n) is 11.4. The normalized spacial score (nSPS) is 11.9. The largest absolute Gasteiger partial charge is 0.481 e. The van der Waals surface area contributed by atoms with Crippen LogP contribution >= 0.6 is 11.8 Å². The van der Waals surface area contributed by atoms with E-state index in [1.54, 1.807) is 0 Å². The van der Waals surface area contributed by atoms with Crippen LogP contribution in [0.1, 0.15) is 29.7 Å². The Hall–Kier alpha value is -1.49. The molecule has 0 fully saturated rings. The summed E-state index contributed by atoms with van der Waals surface area (Å²) in [5.41, 5.74) is 3.46. The predicted octanol–water partition coefficient (Wildman–Crippen LogP) is 2.30. The van der Waals surface area contributed by atoms with Crippen molar-refractivity contribution in [3.05, 3.63) is 34.9 Å². The first-order valence-electron chi connectivity index (χ1n) is 6.07. The van der Waals surface area contributed by atoms with E-state index in [1.807, 2.05) is 39.0 Å². The van der Waals surface area contributed by atoms with Gasteiger partial charge in [0.15, 0.2) is 0 Å². The fourth-order valence-electron chi connectivity index (χ4n) is 1.83. The molecule has 4 nitrogen and oxygen atoms in total. The monoisotopic (exact) mass is 281 g/mol. The van der Waals surface area contributed by atoms with Gasteiger partial charge in [0.2, 0.25) is 5.91 Å². The Labute approximate surface area is 117 Å². The number of rotatable bonds is 6. The Bertz CT molecular complexity index is 474. The first kappa shape index (κ1) is 15.6. The fourth-order valence-corrected chi connectivity index (χ4v) is 2.38. The summed E-state index contributed by atoms with van der Waals surface area (Å²) in [5, 5.41) is 11.4. The van der Waals surface area contributed by atoms with Gasteiger partial charge in [-0.25, -0.2) is 0 Å². The van der Waals surface area contributed by atoms with Crippen LogP contribution in [0.4, 0.5) is 0 Å². The third-order valence-electron chi connectivity index (χ3n) is 2.95. The fraction of sp³-hybridized carbons (Fsp3) is 0.429. The molecule has 0 radical (unpaired) electrons. The second-order valence-electron chi connectivity index (χ2n) is 4.46. The molecule has 0 aromatic heterocycles. The summed E-state index contributed by atoms with van der Waals surface area (Å²) in [6.45, 7) is 6.00. The van der Waals surface area contributed by atoms with Crippen LogP contribution in [0, 0.1) is 13.8 Å². The van der Waals surface area contributed by atoms with Gasteiger partial charge >= 0.3 is 5.97 Å². The average molecular weight is 281 g/mol. The number of carbonyl (C=O) groups is 2. The number of benzene rings is 1. The molecule has 104 valence electrons. The van der Waals surface area contributed by atoms with E-state index in [4.69, 9.17) is 5.11 Å². The third-order valence-corrected chi connectivity index (χ3v) is 3.87. The van der Waals surface area contributed by atoms with Gasteiger partial charge in [-0.1, -0.05) is 18.2 Å². The van der Waals surface area contributed by atoms with Crippen LogP contribution in [0.3, 0.4) is 0 Å². The molecule has 0 saturated carbocycles. The number of carboxylic acid groups (broad SMARTS) is 1. The minimum absolute atomic E-state index is 0.0503. The quantitative estimate of drug-likeness (QED) is 0.839. The highest BCUT2D eigenvalue weighted by molar-refractivity contribution is 8.00. The van der Waals surface area contributed by atoms with Gasteiger partial charge in [0.1, 0.15) is 0 Å². The van der Waals surface area contributed by atoms with E-state index in [2.05, 4.69) is 5.32 Å². The van der Waals surface area contributed by atoms with Gasteiger partial charge in [-0.05, 0) is 37.5 Å². The van der Waals surface area contributed by atoms with Crippen molar-refractivity contribution >= 4 is 23.6 Å². The van der Waals surface area contributed by atoms with Crippen molar-refractivity contribution in [3.63, 3.8) is 0 Å². The second-order valence-corrected chi connectivity index (χ2v) is 5.45. The molecule has 1 rings (SSSR count). The molecule has 0 bridgehead atoms. The van der Waals surface area contributed by atoms with Crippen LogP contribution in [-0.4, -0.2) is 28.5 Å². The molecule has 0 aliphatic heterocycles. The van der Waals surface area contributed by atoms with E-state index in [1.165, 1.54) is 11.1 Å². The minimum Gasteiger partial charge on any atom is -0.481 e. The molecule has 1 aromatic rings. The van der Waals surface area contributed by atoms with Crippen molar-refractivity contribution in [3.8, 4) is 0 Å². The molecule has 1 unspecified atom stereocenters. The number of carboxylic acids is 1. The number of thioether (sulfide) groups is 1. The molecule has 0 aliphatic carbocycles. The van der Waals surface area contributed by atoms with Gasteiger partial charge in [0.05, 0.1) is 17.5 Å². The summed E-state index contributed by atoms with van der Waals surface area (Å²) >= 11 is 1.10. The minimum atomic E-state index is -0.902. The van der Waals surface area contributed by atoms with Gasteiger partial charge in [-0.15, -0.1) is 11.8 Å². The Kier molecular flexibility index (Phi) is 5.89. The van der Waals surface area contributed by atoms with E-state index < -0.39 is 5.97 Å². The average Bonchev–Trinajstić information content (AvgIpc) is 2.31. The summed E-state index contributed by atoms with van der Waals surface area (Å²) in [7, 11) is 0. The van der Waals surface area contributed by atoms with E-state index in [-0.39, 0.29) is 23.5 Å². The number of amides is 1. The first-order valence-corrected chi connectivity index (χ1v) is 7.22. The Morgan fingerprint density at radius 3 is 2.63 bits per heavy atom. The molecule has 1 atom stereocenters. The second kappa shape index (κ2) is 7.19. The van der Waals surface area contributed by atoms with Crippen LogP contribution in [-0.2, 0) is 9.59 Å². The van der Waals surface area contributed by atoms with E-state index in [0.29, 0.717) is 0 Å². The van der Waals surface area contributed by atoms with Gasteiger partial charge in [0, 0.05) is 0 Å². The van der Waals surface area contributed by atoms with E-state index in [0.717, 1.165) is 17.3 Å². The Morgan fingerprint density at radius 2 is 2.00 bits per heavy atom. The lowest BCUT2D eigenvalue weighted by atomic mass is 9.98. The van der Waals surface area contributed by atoms with Crippen LogP contribution in [0.25, 0.3) is 0 Å². The Morgan fingerprint density at radius 1 is 1.32 bits per heavy atom. The van der Waals surface area contributed by atoms with Gasteiger partial charge < -0.3 is 10.4 Å². The predicted molar refractivity (Wildman–Crippen MR) is 77.4 cm³/mol. The lowest BCUT2D eigenvalue weighted by Crippen LogP contribution is -2.29. The molecule has 19 heavy (non-hydrogen) atoms. The van der Waals surface area contributed by atoms with Crippen LogP contribution in [0.5, 0.6) is 0 Å². The molecular formula is C14H19NO3S. The molecule has 1 amide bonds. The van der Waals surface area contributed by atoms with Crippen LogP contribution < -0.4 is 5.32 Å². The molecule has 0 saturated heterocycles. The number of hydrogen-bond acceptors (Lipinski definition) is 3. The molecule has 1 aromatic carbocycles. The maximum atomic E-state index is 11.7. The van der Waals surface area contributed by atoms with Gasteiger partial charge in [-0.3, -0.25) is 9.59 Å². The van der Waals surface area contributed by atoms with E-state index in [9.17, 15) is 9.59 Å². The van der Waals surface area contributed by atoms with Gasteiger partial charge in [0.25, 0.3) is 0 Å². The van der Waals surface area contributed by atoms with E-state index >= 15 is 0 Å². The highest BCUT2D eigenvalue weighted by atomic mass is 32.2. The molecule has 5 heteroatoms. The van der Waals surface area contributed by atoms with Crippen molar-refractivity contribution in [2.75, 3.05) is 11.5 Å².